The highest BCUT2D eigenvalue weighted by Crippen LogP contribution is 2.39. The predicted molar refractivity (Wildman–Crippen MR) is 104 cm³/mol. The van der Waals surface area contributed by atoms with Gasteiger partial charge in [0.05, 0.1) is 0 Å². The van der Waals surface area contributed by atoms with Crippen molar-refractivity contribution in [2.75, 3.05) is 0 Å². The van der Waals surface area contributed by atoms with E-state index in [9.17, 15) is 18.0 Å². The summed E-state index contributed by atoms with van der Waals surface area (Å²) in [5.74, 6) is -1.33. The Hall–Kier alpha value is -3.07. The van der Waals surface area contributed by atoms with Crippen LogP contribution in [0.1, 0.15) is 27.0 Å². The summed E-state index contributed by atoms with van der Waals surface area (Å²) >= 11 is 0.946. The zero-order valence-electron chi connectivity index (χ0n) is 15.1. The second-order valence-electron chi connectivity index (χ2n) is 6.38. The highest BCUT2D eigenvalue weighted by atomic mass is 32.2. The number of benzene rings is 2. The van der Waals surface area contributed by atoms with Crippen molar-refractivity contribution in [1.82, 2.24) is 19.7 Å². The first kappa shape index (κ1) is 19.3. The number of hydrogen-bond acceptors (Lipinski definition) is 4. The summed E-state index contributed by atoms with van der Waals surface area (Å²) in [4.78, 5) is 16.5. The lowest BCUT2D eigenvalue weighted by Crippen LogP contribution is -2.14. The van der Waals surface area contributed by atoms with Crippen molar-refractivity contribution in [2.24, 2.45) is 7.05 Å². The summed E-state index contributed by atoms with van der Waals surface area (Å²) in [6.45, 7) is 0. The van der Waals surface area contributed by atoms with Crippen molar-refractivity contribution < 1.29 is 18.0 Å². The molecule has 9 heteroatoms. The van der Waals surface area contributed by atoms with Crippen molar-refractivity contribution in [1.29, 1.82) is 0 Å². The SMILES string of the molecule is Cn1c(SC(C(=O)c2c[nH]c3ccccc23)c2ccccc2)nnc1C(F)(F)F. The third-order valence-corrected chi connectivity index (χ3v) is 5.80. The second kappa shape index (κ2) is 7.40. The van der Waals surface area contributed by atoms with Gasteiger partial charge in [-0.1, -0.05) is 60.3 Å². The zero-order valence-corrected chi connectivity index (χ0v) is 16.0. The van der Waals surface area contributed by atoms with Gasteiger partial charge in [-0.25, -0.2) is 0 Å². The molecule has 0 aliphatic heterocycles. The summed E-state index contributed by atoms with van der Waals surface area (Å²) in [6, 6.07) is 16.3. The van der Waals surface area contributed by atoms with Crippen LogP contribution >= 0.6 is 11.8 Å². The van der Waals surface area contributed by atoms with E-state index in [1.807, 2.05) is 30.3 Å². The molecule has 2 aromatic carbocycles. The van der Waals surface area contributed by atoms with Crippen LogP contribution in [0.3, 0.4) is 0 Å². The molecule has 1 unspecified atom stereocenters. The molecule has 4 rings (SSSR count). The number of nitrogens with zero attached hydrogens (tertiary/aromatic N) is 3. The number of thioether (sulfide) groups is 1. The van der Waals surface area contributed by atoms with Crippen molar-refractivity contribution >= 4 is 28.4 Å². The Morgan fingerprint density at radius 2 is 1.76 bits per heavy atom. The summed E-state index contributed by atoms with van der Waals surface area (Å²) in [5.41, 5.74) is 1.95. The first-order chi connectivity index (χ1) is 13.9. The number of H-pyrrole nitrogens is 1. The average molecular weight is 416 g/mol. The number of carbonyl (C=O) groups excluding carboxylic acids is 1. The van der Waals surface area contributed by atoms with Gasteiger partial charge in [0, 0.05) is 29.7 Å². The van der Waals surface area contributed by atoms with E-state index in [1.54, 1.807) is 30.5 Å². The van der Waals surface area contributed by atoms with E-state index in [0.717, 1.165) is 27.2 Å². The molecule has 0 bridgehead atoms. The van der Waals surface area contributed by atoms with Gasteiger partial charge < -0.3 is 9.55 Å². The second-order valence-corrected chi connectivity index (χ2v) is 7.46. The van der Waals surface area contributed by atoms with Gasteiger partial charge in [0.1, 0.15) is 5.25 Å². The summed E-state index contributed by atoms with van der Waals surface area (Å²) < 4.78 is 40.1. The standard InChI is InChI=1S/C20H15F3N4OS/c1-27-18(20(21,22)23)25-26-19(27)29-17(12-7-3-2-4-8-12)16(28)14-11-24-15-10-6-5-9-13(14)15/h2-11,17,24H,1H3. The molecule has 0 amide bonds. The molecule has 2 heterocycles. The van der Waals surface area contributed by atoms with Gasteiger partial charge >= 0.3 is 6.18 Å². The smallest absolute Gasteiger partial charge is 0.360 e. The summed E-state index contributed by atoms with van der Waals surface area (Å²) in [7, 11) is 1.24. The van der Waals surface area contributed by atoms with Gasteiger partial charge in [0.15, 0.2) is 10.9 Å². The van der Waals surface area contributed by atoms with E-state index >= 15 is 0 Å². The Morgan fingerprint density at radius 3 is 2.45 bits per heavy atom. The molecule has 0 aliphatic rings. The van der Waals surface area contributed by atoms with Crippen molar-refractivity contribution in [2.45, 2.75) is 16.6 Å². The predicted octanol–water partition coefficient (Wildman–Crippen LogP) is 5.03. The quantitative estimate of drug-likeness (QED) is 0.366. The van der Waals surface area contributed by atoms with E-state index in [-0.39, 0.29) is 10.9 Å². The highest BCUT2D eigenvalue weighted by molar-refractivity contribution is 8.00. The lowest BCUT2D eigenvalue weighted by Gasteiger charge is -2.15. The minimum absolute atomic E-state index is 0.0133. The molecular weight excluding hydrogens is 401 g/mol. The number of aromatic nitrogens is 4. The molecular formula is C20H15F3N4OS. The summed E-state index contributed by atoms with van der Waals surface area (Å²) in [6.07, 6.45) is -3.00. The molecule has 2 aromatic heterocycles. The van der Waals surface area contributed by atoms with Crippen molar-refractivity contribution in [3.8, 4) is 0 Å². The molecule has 0 saturated heterocycles. The lowest BCUT2D eigenvalue weighted by molar-refractivity contribution is -0.147. The van der Waals surface area contributed by atoms with Gasteiger partial charge in [0.25, 0.3) is 0 Å². The minimum atomic E-state index is -4.62. The van der Waals surface area contributed by atoms with Gasteiger partial charge in [-0.05, 0) is 11.6 Å². The van der Waals surface area contributed by atoms with Crippen LogP contribution in [0, 0.1) is 0 Å². The normalized spacial score (nSPS) is 13.0. The fourth-order valence-electron chi connectivity index (χ4n) is 3.09. The molecule has 5 nitrogen and oxygen atoms in total. The number of ketones is 1. The highest BCUT2D eigenvalue weighted by Gasteiger charge is 2.38. The molecule has 0 spiro atoms. The zero-order chi connectivity index (χ0) is 20.6. The van der Waals surface area contributed by atoms with E-state index in [2.05, 4.69) is 15.2 Å². The van der Waals surface area contributed by atoms with Crippen molar-refractivity contribution in [3.05, 3.63) is 77.7 Å². The molecule has 4 aromatic rings. The Bertz CT molecular complexity index is 1170. The average Bonchev–Trinajstić information content (AvgIpc) is 3.30. The number of nitrogens with one attached hydrogen (secondary N) is 1. The van der Waals surface area contributed by atoms with E-state index < -0.39 is 17.3 Å². The maximum atomic E-state index is 13.4. The molecule has 1 N–H and O–H groups in total. The Kier molecular flexibility index (Phi) is 4.91. The van der Waals surface area contributed by atoms with Crippen LogP contribution in [-0.4, -0.2) is 25.5 Å². The molecule has 148 valence electrons. The van der Waals surface area contributed by atoms with Crippen LogP contribution in [0.5, 0.6) is 0 Å². The third kappa shape index (κ3) is 3.65. The Morgan fingerprint density at radius 1 is 1.07 bits per heavy atom. The van der Waals surface area contributed by atoms with Gasteiger partial charge in [-0.3, -0.25) is 4.79 Å². The number of Topliss-reactive ketones (excluding diaryl/α,β-unsaturated/α-hetero) is 1. The number of fused-ring (bicyclic) bond motifs is 1. The number of hydrogen-bond donors (Lipinski definition) is 1. The van der Waals surface area contributed by atoms with Crippen LogP contribution in [0.4, 0.5) is 13.2 Å². The largest absolute Gasteiger partial charge is 0.451 e. The van der Waals surface area contributed by atoms with Gasteiger partial charge in [-0.15, -0.1) is 10.2 Å². The maximum absolute atomic E-state index is 13.4. The number of alkyl halides is 3. The number of rotatable bonds is 5. The summed E-state index contributed by atoms with van der Waals surface area (Å²) in [5, 5.41) is 6.92. The van der Waals surface area contributed by atoms with Crippen LogP contribution in [0.15, 0.2) is 66.0 Å². The first-order valence-corrected chi connectivity index (χ1v) is 9.52. The molecule has 0 saturated carbocycles. The van der Waals surface area contributed by atoms with Crippen LogP contribution < -0.4 is 0 Å². The monoisotopic (exact) mass is 416 g/mol. The fraction of sp³-hybridized carbons (Fsp3) is 0.150. The minimum Gasteiger partial charge on any atom is -0.360 e. The number of aromatic amines is 1. The molecule has 0 radical (unpaired) electrons. The lowest BCUT2D eigenvalue weighted by atomic mass is 10.0. The number of halogens is 3. The molecule has 1 atom stereocenters. The Balaban J connectivity index is 1.76. The topological polar surface area (TPSA) is 63.6 Å². The fourth-order valence-corrected chi connectivity index (χ4v) is 4.16. The van der Waals surface area contributed by atoms with Gasteiger partial charge in [-0.2, -0.15) is 13.2 Å². The first-order valence-electron chi connectivity index (χ1n) is 8.65. The number of carbonyl (C=O) groups is 1. The van der Waals surface area contributed by atoms with E-state index in [4.69, 9.17) is 0 Å². The van der Waals surface area contributed by atoms with Gasteiger partial charge in [0.2, 0.25) is 5.82 Å². The maximum Gasteiger partial charge on any atom is 0.451 e. The van der Waals surface area contributed by atoms with Crippen LogP contribution in [0.25, 0.3) is 10.9 Å². The van der Waals surface area contributed by atoms with Crippen molar-refractivity contribution in [3.63, 3.8) is 0 Å². The van der Waals surface area contributed by atoms with E-state index in [1.165, 1.54) is 7.05 Å². The molecule has 0 fully saturated rings. The van der Waals surface area contributed by atoms with Crippen LogP contribution in [-0.2, 0) is 13.2 Å². The molecule has 0 aliphatic carbocycles. The molecule has 29 heavy (non-hydrogen) atoms. The Labute approximate surface area is 168 Å². The third-order valence-electron chi connectivity index (χ3n) is 4.51. The number of para-hydroxylation sites is 1. The van der Waals surface area contributed by atoms with E-state index in [0.29, 0.717) is 11.1 Å². The van der Waals surface area contributed by atoms with Crippen LogP contribution in [0.2, 0.25) is 0 Å².